The van der Waals surface area contributed by atoms with E-state index in [2.05, 4.69) is 20.3 Å². The van der Waals surface area contributed by atoms with Crippen LogP contribution in [0.15, 0.2) is 55.0 Å². The maximum Gasteiger partial charge on any atom is 0.256 e. The van der Waals surface area contributed by atoms with Crippen LogP contribution in [-0.4, -0.2) is 20.9 Å². The fourth-order valence-corrected chi connectivity index (χ4v) is 1.73. The number of anilines is 1. The fourth-order valence-electron chi connectivity index (χ4n) is 1.73. The molecule has 0 saturated heterocycles. The van der Waals surface area contributed by atoms with Gasteiger partial charge in [0.25, 0.3) is 5.91 Å². The van der Waals surface area contributed by atoms with Crippen molar-refractivity contribution in [3.8, 4) is 0 Å². The maximum absolute atomic E-state index is 12.1. The zero-order chi connectivity index (χ0) is 13.1. The number of nitrogens with one attached hydrogen (secondary N) is 1. The summed E-state index contributed by atoms with van der Waals surface area (Å²) in [4.78, 5) is 24.4. The van der Waals surface area contributed by atoms with Crippen molar-refractivity contribution in [3.05, 3.63) is 60.6 Å². The van der Waals surface area contributed by atoms with Crippen molar-refractivity contribution in [3.63, 3.8) is 0 Å². The molecule has 0 aliphatic rings. The lowest BCUT2D eigenvalue weighted by molar-refractivity contribution is 0.102. The summed E-state index contributed by atoms with van der Waals surface area (Å²) in [6.07, 6.45) is 4.85. The van der Waals surface area contributed by atoms with Crippen LogP contribution in [0.5, 0.6) is 0 Å². The molecule has 3 rings (SSSR count). The number of pyridine rings is 1. The normalized spacial score (nSPS) is 10.3. The molecular weight excluding hydrogens is 240 g/mol. The van der Waals surface area contributed by atoms with Crippen molar-refractivity contribution >= 4 is 22.8 Å². The van der Waals surface area contributed by atoms with Crippen LogP contribution >= 0.6 is 0 Å². The summed E-state index contributed by atoms with van der Waals surface area (Å²) in [6.45, 7) is 0. The van der Waals surface area contributed by atoms with Gasteiger partial charge in [0.2, 0.25) is 0 Å². The van der Waals surface area contributed by atoms with E-state index in [1.165, 1.54) is 0 Å². The second-order valence-electron chi connectivity index (χ2n) is 3.93. The lowest BCUT2D eigenvalue weighted by Gasteiger charge is -2.04. The standard InChI is InChI=1S/C14H10N4O/c19-14(18-13-3-1-2-6-17-13)10-4-5-11-12(9-10)16-8-7-15-11/h1-9H,(H,17,18,19). The molecule has 0 atom stereocenters. The summed E-state index contributed by atoms with van der Waals surface area (Å²) in [5, 5.41) is 2.72. The molecule has 0 fully saturated rings. The van der Waals surface area contributed by atoms with Crippen molar-refractivity contribution in [1.29, 1.82) is 0 Å². The van der Waals surface area contributed by atoms with Crippen molar-refractivity contribution in [2.75, 3.05) is 5.32 Å². The molecule has 0 unspecified atom stereocenters. The molecular formula is C14H10N4O. The van der Waals surface area contributed by atoms with Crippen LogP contribution in [0.25, 0.3) is 11.0 Å². The molecule has 0 aliphatic carbocycles. The Bertz CT molecular complexity index is 728. The number of hydrogen-bond donors (Lipinski definition) is 1. The molecule has 3 aromatic rings. The van der Waals surface area contributed by atoms with E-state index in [1.54, 1.807) is 48.9 Å². The van der Waals surface area contributed by atoms with Gasteiger partial charge in [-0.25, -0.2) is 4.98 Å². The van der Waals surface area contributed by atoms with E-state index in [4.69, 9.17) is 0 Å². The molecule has 5 heteroatoms. The molecule has 19 heavy (non-hydrogen) atoms. The smallest absolute Gasteiger partial charge is 0.256 e. The maximum atomic E-state index is 12.1. The van der Waals surface area contributed by atoms with Crippen molar-refractivity contribution in [2.24, 2.45) is 0 Å². The van der Waals surface area contributed by atoms with Crippen LogP contribution in [0.1, 0.15) is 10.4 Å². The Morgan fingerprint density at radius 2 is 1.74 bits per heavy atom. The second kappa shape index (κ2) is 4.81. The Balaban J connectivity index is 1.89. The molecule has 1 aromatic carbocycles. The van der Waals surface area contributed by atoms with Gasteiger partial charge in [-0.3, -0.25) is 14.8 Å². The quantitative estimate of drug-likeness (QED) is 0.757. The van der Waals surface area contributed by atoms with Gasteiger partial charge in [0.05, 0.1) is 11.0 Å². The molecule has 1 N–H and O–H groups in total. The SMILES string of the molecule is O=C(Nc1ccccn1)c1ccc2nccnc2c1. The largest absolute Gasteiger partial charge is 0.307 e. The topological polar surface area (TPSA) is 67.8 Å². The third kappa shape index (κ3) is 2.40. The predicted molar refractivity (Wildman–Crippen MR) is 71.7 cm³/mol. The summed E-state index contributed by atoms with van der Waals surface area (Å²) in [6, 6.07) is 10.5. The minimum absolute atomic E-state index is 0.216. The number of benzene rings is 1. The van der Waals surface area contributed by atoms with E-state index in [0.29, 0.717) is 16.9 Å². The number of hydrogen-bond acceptors (Lipinski definition) is 4. The monoisotopic (exact) mass is 250 g/mol. The molecule has 1 amide bonds. The first-order valence-electron chi connectivity index (χ1n) is 5.76. The van der Waals surface area contributed by atoms with Crippen LogP contribution in [0.3, 0.4) is 0 Å². The zero-order valence-corrected chi connectivity index (χ0v) is 9.95. The highest BCUT2D eigenvalue weighted by atomic mass is 16.1. The summed E-state index contributed by atoms with van der Waals surface area (Å²) in [7, 11) is 0. The minimum atomic E-state index is -0.216. The molecule has 0 bridgehead atoms. The number of carbonyl (C=O) groups is 1. The van der Waals surface area contributed by atoms with E-state index in [0.717, 1.165) is 5.52 Å². The van der Waals surface area contributed by atoms with Gasteiger partial charge in [-0.2, -0.15) is 0 Å². The van der Waals surface area contributed by atoms with Gasteiger partial charge in [0, 0.05) is 24.2 Å². The van der Waals surface area contributed by atoms with Crippen LogP contribution in [-0.2, 0) is 0 Å². The van der Waals surface area contributed by atoms with Gasteiger partial charge >= 0.3 is 0 Å². The summed E-state index contributed by atoms with van der Waals surface area (Å²) < 4.78 is 0. The Morgan fingerprint density at radius 3 is 2.53 bits per heavy atom. The van der Waals surface area contributed by atoms with Crippen molar-refractivity contribution < 1.29 is 4.79 Å². The third-order valence-electron chi connectivity index (χ3n) is 2.64. The average Bonchev–Trinajstić information content (AvgIpc) is 2.48. The molecule has 0 saturated carbocycles. The molecule has 2 aromatic heterocycles. The van der Waals surface area contributed by atoms with Crippen LogP contribution in [0.4, 0.5) is 5.82 Å². The Labute approximate surface area is 109 Å². The second-order valence-corrected chi connectivity index (χ2v) is 3.93. The van der Waals surface area contributed by atoms with Crippen LogP contribution in [0.2, 0.25) is 0 Å². The summed E-state index contributed by atoms with van der Waals surface area (Å²) in [5.74, 6) is 0.304. The highest BCUT2D eigenvalue weighted by Crippen LogP contribution is 2.12. The fraction of sp³-hybridized carbons (Fsp3) is 0. The molecule has 0 radical (unpaired) electrons. The van der Waals surface area contributed by atoms with E-state index in [9.17, 15) is 4.79 Å². The Kier molecular flexibility index (Phi) is 2.86. The first-order valence-corrected chi connectivity index (χ1v) is 5.76. The Morgan fingerprint density at radius 1 is 0.895 bits per heavy atom. The average molecular weight is 250 g/mol. The van der Waals surface area contributed by atoms with Crippen molar-refractivity contribution in [2.45, 2.75) is 0 Å². The Hall–Kier alpha value is -2.82. The highest BCUT2D eigenvalue weighted by Gasteiger charge is 2.07. The van der Waals surface area contributed by atoms with E-state index in [1.807, 2.05) is 6.07 Å². The summed E-state index contributed by atoms with van der Waals surface area (Å²) >= 11 is 0. The molecule has 2 heterocycles. The number of carbonyl (C=O) groups excluding carboxylic acids is 1. The third-order valence-corrected chi connectivity index (χ3v) is 2.64. The van der Waals surface area contributed by atoms with E-state index < -0.39 is 0 Å². The predicted octanol–water partition coefficient (Wildman–Crippen LogP) is 2.28. The van der Waals surface area contributed by atoms with Gasteiger partial charge in [-0.15, -0.1) is 0 Å². The van der Waals surface area contributed by atoms with Gasteiger partial charge in [-0.05, 0) is 30.3 Å². The van der Waals surface area contributed by atoms with Gasteiger partial charge < -0.3 is 5.32 Å². The summed E-state index contributed by atoms with van der Waals surface area (Å²) in [5.41, 5.74) is 1.98. The molecule has 5 nitrogen and oxygen atoms in total. The van der Waals surface area contributed by atoms with Crippen LogP contribution < -0.4 is 5.32 Å². The van der Waals surface area contributed by atoms with Gasteiger partial charge in [0.15, 0.2) is 0 Å². The molecule has 0 aliphatic heterocycles. The number of fused-ring (bicyclic) bond motifs is 1. The molecule has 92 valence electrons. The van der Waals surface area contributed by atoms with Gasteiger partial charge in [-0.1, -0.05) is 6.07 Å². The van der Waals surface area contributed by atoms with E-state index in [-0.39, 0.29) is 5.91 Å². The first kappa shape index (κ1) is 11.3. The number of nitrogens with zero attached hydrogens (tertiary/aromatic N) is 3. The first-order chi connectivity index (χ1) is 9.33. The lowest BCUT2D eigenvalue weighted by atomic mass is 10.2. The highest BCUT2D eigenvalue weighted by molar-refractivity contribution is 6.05. The van der Waals surface area contributed by atoms with E-state index >= 15 is 0 Å². The van der Waals surface area contributed by atoms with Gasteiger partial charge in [0.1, 0.15) is 5.82 Å². The number of rotatable bonds is 2. The lowest BCUT2D eigenvalue weighted by Crippen LogP contribution is -2.12. The number of amides is 1. The van der Waals surface area contributed by atoms with Crippen molar-refractivity contribution in [1.82, 2.24) is 15.0 Å². The van der Waals surface area contributed by atoms with Crippen LogP contribution in [0, 0.1) is 0 Å². The molecule has 0 spiro atoms. The number of aromatic nitrogens is 3. The minimum Gasteiger partial charge on any atom is -0.307 e. The zero-order valence-electron chi connectivity index (χ0n) is 9.95.